The molecule has 0 aliphatic carbocycles. The van der Waals surface area contributed by atoms with Crippen molar-refractivity contribution in [3.05, 3.63) is 29.8 Å². The van der Waals surface area contributed by atoms with Gasteiger partial charge in [0.1, 0.15) is 0 Å². The minimum absolute atomic E-state index is 0.898. The van der Waals surface area contributed by atoms with Gasteiger partial charge >= 0.3 is 0 Å². The van der Waals surface area contributed by atoms with Crippen LogP contribution in [0, 0.1) is 0 Å². The van der Waals surface area contributed by atoms with E-state index >= 15 is 0 Å². The van der Waals surface area contributed by atoms with Crippen molar-refractivity contribution in [1.29, 1.82) is 0 Å². The molecule has 0 heterocycles. The molecule has 0 aromatic heterocycles. The van der Waals surface area contributed by atoms with Gasteiger partial charge in [0, 0.05) is 12.2 Å². The lowest BCUT2D eigenvalue weighted by Gasteiger charge is -2.18. The lowest BCUT2D eigenvalue weighted by atomic mass is 10.1. The van der Waals surface area contributed by atoms with E-state index in [1.165, 1.54) is 5.56 Å². The Kier molecular flexibility index (Phi) is 3.77. The molecule has 72 valence electrons. The molecule has 13 heavy (non-hydrogen) atoms. The average Bonchev–Trinajstić information content (AvgIpc) is 2.17. The molecule has 0 aliphatic heterocycles. The van der Waals surface area contributed by atoms with Gasteiger partial charge in [-0.15, -0.1) is 0 Å². The van der Waals surface area contributed by atoms with Crippen LogP contribution in [0.3, 0.4) is 0 Å². The summed E-state index contributed by atoms with van der Waals surface area (Å²) in [4.78, 5) is 2.35. The second-order valence-corrected chi connectivity index (χ2v) is 3.16. The number of nitrogens with zero attached hydrogens (tertiary/aromatic N) is 1. The zero-order valence-electron chi connectivity index (χ0n) is 8.46. The van der Waals surface area contributed by atoms with Crippen molar-refractivity contribution < 1.29 is 0 Å². The summed E-state index contributed by atoms with van der Waals surface area (Å²) in [6.07, 6.45) is 0. The highest BCUT2D eigenvalue weighted by Gasteiger charge is 2.02. The Morgan fingerprint density at radius 3 is 2.31 bits per heavy atom. The standard InChI is InChI=1S/C11H18N2/c1-3-13(4-2)9-10-7-5-6-8-11(10)12/h5-8H,3-4,9,12H2,1-2H3. The molecule has 1 aromatic carbocycles. The third kappa shape index (κ3) is 2.74. The summed E-state index contributed by atoms with van der Waals surface area (Å²) in [6.45, 7) is 7.45. The first-order valence-corrected chi connectivity index (χ1v) is 4.83. The number of hydrogen-bond acceptors (Lipinski definition) is 2. The molecular weight excluding hydrogens is 160 g/mol. The third-order valence-electron chi connectivity index (χ3n) is 2.34. The van der Waals surface area contributed by atoms with Crippen LogP contribution in [0.4, 0.5) is 5.69 Å². The maximum absolute atomic E-state index is 5.85. The molecular formula is C11H18N2. The van der Waals surface area contributed by atoms with Gasteiger partial charge in [0.15, 0.2) is 0 Å². The van der Waals surface area contributed by atoms with Crippen LogP contribution in [0.5, 0.6) is 0 Å². The summed E-state index contributed by atoms with van der Waals surface area (Å²) in [5.74, 6) is 0. The van der Waals surface area contributed by atoms with Crippen molar-refractivity contribution in [2.45, 2.75) is 20.4 Å². The number of nitrogen functional groups attached to an aromatic ring is 1. The minimum atomic E-state index is 0.898. The van der Waals surface area contributed by atoms with Crippen LogP contribution >= 0.6 is 0 Å². The Morgan fingerprint density at radius 2 is 1.77 bits per heavy atom. The van der Waals surface area contributed by atoms with E-state index in [-0.39, 0.29) is 0 Å². The minimum Gasteiger partial charge on any atom is -0.398 e. The van der Waals surface area contributed by atoms with Crippen molar-refractivity contribution in [2.75, 3.05) is 18.8 Å². The van der Waals surface area contributed by atoms with E-state index in [2.05, 4.69) is 24.8 Å². The van der Waals surface area contributed by atoms with Gasteiger partial charge in [-0.1, -0.05) is 32.0 Å². The molecule has 0 spiro atoms. The second kappa shape index (κ2) is 4.87. The highest BCUT2D eigenvalue weighted by atomic mass is 15.1. The van der Waals surface area contributed by atoms with E-state index in [9.17, 15) is 0 Å². The fourth-order valence-corrected chi connectivity index (χ4v) is 1.37. The molecule has 0 radical (unpaired) electrons. The van der Waals surface area contributed by atoms with Gasteiger partial charge in [0.25, 0.3) is 0 Å². The third-order valence-corrected chi connectivity index (χ3v) is 2.34. The van der Waals surface area contributed by atoms with E-state index in [4.69, 9.17) is 5.73 Å². The maximum Gasteiger partial charge on any atom is 0.0359 e. The molecule has 0 saturated carbocycles. The van der Waals surface area contributed by atoms with Crippen LogP contribution in [0.25, 0.3) is 0 Å². The summed E-state index contributed by atoms with van der Waals surface area (Å²) >= 11 is 0. The second-order valence-electron chi connectivity index (χ2n) is 3.16. The summed E-state index contributed by atoms with van der Waals surface area (Å²) in [7, 11) is 0. The van der Waals surface area contributed by atoms with Crippen LogP contribution in [0.2, 0.25) is 0 Å². The highest BCUT2D eigenvalue weighted by Crippen LogP contribution is 2.12. The Bertz CT molecular complexity index is 254. The normalized spacial score (nSPS) is 10.7. The summed E-state index contributed by atoms with van der Waals surface area (Å²) in [5.41, 5.74) is 7.98. The topological polar surface area (TPSA) is 29.3 Å². The lowest BCUT2D eigenvalue weighted by Crippen LogP contribution is -2.22. The summed E-state index contributed by atoms with van der Waals surface area (Å²) < 4.78 is 0. The van der Waals surface area contributed by atoms with Crippen molar-refractivity contribution in [3.8, 4) is 0 Å². The molecule has 0 bridgehead atoms. The number of hydrogen-bond donors (Lipinski definition) is 1. The molecule has 0 saturated heterocycles. The molecule has 0 amide bonds. The Labute approximate surface area is 80.4 Å². The van der Waals surface area contributed by atoms with Crippen LogP contribution in [-0.2, 0) is 6.54 Å². The van der Waals surface area contributed by atoms with Crippen LogP contribution in [-0.4, -0.2) is 18.0 Å². The van der Waals surface area contributed by atoms with Gasteiger partial charge in [0.2, 0.25) is 0 Å². The van der Waals surface area contributed by atoms with Gasteiger partial charge in [-0.05, 0) is 24.7 Å². The monoisotopic (exact) mass is 178 g/mol. The molecule has 2 heteroatoms. The summed E-state index contributed by atoms with van der Waals surface area (Å²) in [5, 5.41) is 0. The van der Waals surface area contributed by atoms with Crippen LogP contribution in [0.15, 0.2) is 24.3 Å². The zero-order chi connectivity index (χ0) is 9.68. The quantitative estimate of drug-likeness (QED) is 0.715. The summed E-state index contributed by atoms with van der Waals surface area (Å²) in [6, 6.07) is 8.06. The average molecular weight is 178 g/mol. The first kappa shape index (κ1) is 10.1. The van der Waals surface area contributed by atoms with E-state index < -0.39 is 0 Å². The molecule has 0 aliphatic rings. The number of para-hydroxylation sites is 1. The van der Waals surface area contributed by atoms with Crippen LogP contribution < -0.4 is 5.73 Å². The van der Waals surface area contributed by atoms with Gasteiger partial charge < -0.3 is 5.73 Å². The first-order valence-electron chi connectivity index (χ1n) is 4.83. The van der Waals surface area contributed by atoms with Crippen molar-refractivity contribution in [2.24, 2.45) is 0 Å². The molecule has 2 N–H and O–H groups in total. The smallest absolute Gasteiger partial charge is 0.0359 e. The Balaban J connectivity index is 2.67. The number of nitrogens with two attached hydrogens (primary N) is 1. The Hall–Kier alpha value is -1.02. The van der Waals surface area contributed by atoms with Crippen LogP contribution in [0.1, 0.15) is 19.4 Å². The highest BCUT2D eigenvalue weighted by molar-refractivity contribution is 5.46. The van der Waals surface area contributed by atoms with Gasteiger partial charge in [-0.25, -0.2) is 0 Å². The molecule has 0 unspecified atom stereocenters. The molecule has 0 atom stereocenters. The lowest BCUT2D eigenvalue weighted by molar-refractivity contribution is 0.296. The van der Waals surface area contributed by atoms with E-state index in [0.717, 1.165) is 25.3 Å². The van der Waals surface area contributed by atoms with E-state index in [1.54, 1.807) is 0 Å². The first-order chi connectivity index (χ1) is 6.27. The molecule has 1 rings (SSSR count). The van der Waals surface area contributed by atoms with Crippen molar-refractivity contribution in [1.82, 2.24) is 4.90 Å². The van der Waals surface area contributed by atoms with Crippen molar-refractivity contribution in [3.63, 3.8) is 0 Å². The van der Waals surface area contributed by atoms with Crippen molar-refractivity contribution >= 4 is 5.69 Å². The van der Waals surface area contributed by atoms with E-state index in [1.807, 2.05) is 18.2 Å². The number of anilines is 1. The zero-order valence-corrected chi connectivity index (χ0v) is 8.46. The molecule has 0 fully saturated rings. The molecule has 2 nitrogen and oxygen atoms in total. The van der Waals surface area contributed by atoms with Gasteiger partial charge in [0.05, 0.1) is 0 Å². The predicted octanol–water partition coefficient (Wildman–Crippen LogP) is 2.11. The van der Waals surface area contributed by atoms with E-state index in [0.29, 0.717) is 0 Å². The maximum atomic E-state index is 5.85. The number of benzene rings is 1. The Morgan fingerprint density at radius 1 is 1.15 bits per heavy atom. The number of rotatable bonds is 4. The fourth-order valence-electron chi connectivity index (χ4n) is 1.37. The van der Waals surface area contributed by atoms with Gasteiger partial charge in [-0.3, -0.25) is 4.90 Å². The largest absolute Gasteiger partial charge is 0.398 e. The van der Waals surface area contributed by atoms with Gasteiger partial charge in [-0.2, -0.15) is 0 Å². The molecule has 1 aromatic rings. The SMILES string of the molecule is CCN(CC)Cc1ccccc1N. The fraction of sp³-hybridized carbons (Fsp3) is 0.455. The predicted molar refractivity (Wildman–Crippen MR) is 57.5 cm³/mol.